The zero-order valence-corrected chi connectivity index (χ0v) is 23.5. The number of nitrogens with zero attached hydrogens (tertiary/aromatic N) is 3. The van der Waals surface area contributed by atoms with Gasteiger partial charge in [0, 0.05) is 57.6 Å². The number of likely N-dealkylation sites (N-methyl/N-ethyl adjacent to an activating group) is 1. The summed E-state index contributed by atoms with van der Waals surface area (Å²) in [6.45, 7) is 3.24. The molecule has 1 atom stereocenters. The van der Waals surface area contributed by atoms with E-state index in [2.05, 4.69) is 15.6 Å². The summed E-state index contributed by atoms with van der Waals surface area (Å²) in [6.07, 6.45) is 6.43. The fourth-order valence-electron chi connectivity index (χ4n) is 4.40. The number of carbonyl (C=O) groups is 4. The highest BCUT2D eigenvalue weighted by Gasteiger charge is 2.21. The number of methoxy groups -OCH3 is 1. The van der Waals surface area contributed by atoms with Crippen molar-refractivity contribution < 1.29 is 28.7 Å². The molecule has 2 aromatic rings. The largest absolute Gasteiger partial charge is 0.493 e. The van der Waals surface area contributed by atoms with Crippen molar-refractivity contribution in [2.45, 2.75) is 45.1 Å². The topological polar surface area (TPSA) is 130 Å². The highest BCUT2D eigenvalue weighted by Crippen LogP contribution is 2.28. The first-order chi connectivity index (χ1) is 19.3. The number of aromatic nitrogens is 1. The molecule has 0 unspecified atom stereocenters. The monoisotopic (exact) mass is 553 g/mol. The Balaban J connectivity index is 1.70. The molecule has 3 heterocycles. The quantitative estimate of drug-likeness (QED) is 0.553. The smallest absolute Gasteiger partial charge is 0.258 e. The standard InChI is InChI=1S/C29H39N5O6/c1-21-29(38)33(2)15-4-5-16-34(27(36)12-9-22-8-6-13-30-19-22)17-7-14-31-28(37)23-10-11-24(25(18-23)39-3)40-20-26(35)32-21/h6,8,10-11,13,18-19,21H,4-5,7,9,12,14-17,20H2,1-3H3,(H,31,37)(H,32,35)/t21-/m0/s1. The number of aryl methyl sites for hydroxylation is 1. The van der Waals surface area contributed by atoms with Crippen molar-refractivity contribution in [3.63, 3.8) is 0 Å². The first kappa shape index (κ1) is 30.4. The van der Waals surface area contributed by atoms with Gasteiger partial charge in [0.05, 0.1) is 7.11 Å². The summed E-state index contributed by atoms with van der Waals surface area (Å²) >= 11 is 0. The molecule has 11 nitrogen and oxygen atoms in total. The normalized spacial score (nSPS) is 18.3. The third-order valence-electron chi connectivity index (χ3n) is 6.67. The molecule has 1 aromatic carbocycles. The number of hydrogen-bond acceptors (Lipinski definition) is 7. The minimum Gasteiger partial charge on any atom is -0.493 e. The van der Waals surface area contributed by atoms with Crippen LogP contribution in [0.5, 0.6) is 11.5 Å². The van der Waals surface area contributed by atoms with Crippen molar-refractivity contribution >= 4 is 23.6 Å². The maximum absolute atomic E-state index is 13.1. The van der Waals surface area contributed by atoms with Crippen LogP contribution < -0.4 is 20.1 Å². The Morgan fingerprint density at radius 3 is 2.65 bits per heavy atom. The van der Waals surface area contributed by atoms with E-state index in [1.165, 1.54) is 7.11 Å². The van der Waals surface area contributed by atoms with Crippen LogP contribution in [0.25, 0.3) is 0 Å². The molecular weight excluding hydrogens is 514 g/mol. The summed E-state index contributed by atoms with van der Waals surface area (Å²) in [6, 6.07) is 7.77. The first-order valence-corrected chi connectivity index (χ1v) is 13.6. The van der Waals surface area contributed by atoms with Crippen molar-refractivity contribution in [2.75, 3.05) is 46.9 Å². The molecule has 0 radical (unpaired) electrons. The van der Waals surface area contributed by atoms with E-state index in [0.717, 1.165) is 5.56 Å². The van der Waals surface area contributed by atoms with Gasteiger partial charge in [0.25, 0.3) is 11.8 Å². The highest BCUT2D eigenvalue weighted by molar-refractivity contribution is 5.95. The summed E-state index contributed by atoms with van der Waals surface area (Å²) in [5.74, 6) is -0.301. The Labute approximate surface area is 235 Å². The maximum atomic E-state index is 13.1. The second-order valence-corrected chi connectivity index (χ2v) is 9.76. The van der Waals surface area contributed by atoms with Gasteiger partial charge in [-0.2, -0.15) is 0 Å². The Morgan fingerprint density at radius 1 is 1.12 bits per heavy atom. The number of carbonyl (C=O) groups excluding carboxylic acids is 4. The minimum atomic E-state index is -0.728. The molecule has 0 fully saturated rings. The van der Waals surface area contributed by atoms with Crippen molar-refractivity contribution in [2.24, 2.45) is 0 Å². The lowest BCUT2D eigenvalue weighted by Gasteiger charge is -2.25. The van der Waals surface area contributed by atoms with E-state index in [1.807, 2.05) is 17.0 Å². The van der Waals surface area contributed by atoms with Crippen molar-refractivity contribution in [1.29, 1.82) is 0 Å². The van der Waals surface area contributed by atoms with Gasteiger partial charge in [0.1, 0.15) is 6.04 Å². The molecule has 40 heavy (non-hydrogen) atoms. The molecule has 11 heteroatoms. The second kappa shape index (κ2) is 15.4. The number of benzene rings is 1. The Kier molecular flexibility index (Phi) is 11.7. The predicted octanol–water partition coefficient (Wildman–Crippen LogP) is 1.81. The second-order valence-electron chi connectivity index (χ2n) is 9.76. The molecule has 2 aliphatic rings. The van der Waals surface area contributed by atoms with E-state index in [4.69, 9.17) is 9.47 Å². The number of rotatable bonds is 4. The average Bonchev–Trinajstić information content (AvgIpc) is 2.97. The van der Waals surface area contributed by atoms with Gasteiger partial charge in [-0.25, -0.2) is 0 Å². The van der Waals surface area contributed by atoms with E-state index in [-0.39, 0.29) is 24.3 Å². The van der Waals surface area contributed by atoms with Gasteiger partial charge in [0.2, 0.25) is 11.8 Å². The SMILES string of the molecule is COc1cc2ccc1OCC(=O)N[C@@H](C)C(=O)N(C)CCCCN(C(=O)CCc1cccnc1)CCCNC2=O. The van der Waals surface area contributed by atoms with Crippen LogP contribution in [0.15, 0.2) is 42.7 Å². The molecule has 0 saturated heterocycles. The van der Waals surface area contributed by atoms with Crippen molar-refractivity contribution in [1.82, 2.24) is 25.4 Å². The van der Waals surface area contributed by atoms with Gasteiger partial charge in [0.15, 0.2) is 18.1 Å². The lowest BCUT2D eigenvalue weighted by atomic mass is 10.1. The molecular formula is C29H39N5O6. The number of pyridine rings is 1. The van der Waals surface area contributed by atoms with Crippen molar-refractivity contribution in [3.05, 3.63) is 53.9 Å². The van der Waals surface area contributed by atoms with E-state index in [9.17, 15) is 19.2 Å². The zero-order chi connectivity index (χ0) is 28.9. The number of amides is 4. The van der Waals surface area contributed by atoms with Crippen LogP contribution in [0.3, 0.4) is 0 Å². The predicted molar refractivity (Wildman–Crippen MR) is 149 cm³/mol. The molecule has 0 aliphatic carbocycles. The van der Waals surface area contributed by atoms with Gasteiger partial charge in [-0.05, 0) is 62.4 Å². The van der Waals surface area contributed by atoms with Crippen LogP contribution in [0, 0.1) is 0 Å². The minimum absolute atomic E-state index is 0.0367. The molecule has 4 amide bonds. The highest BCUT2D eigenvalue weighted by atomic mass is 16.5. The lowest BCUT2D eigenvalue weighted by molar-refractivity contribution is -0.135. The molecule has 2 aliphatic heterocycles. The van der Waals surface area contributed by atoms with E-state index < -0.39 is 11.9 Å². The van der Waals surface area contributed by atoms with Gasteiger partial charge >= 0.3 is 0 Å². The molecule has 216 valence electrons. The van der Waals surface area contributed by atoms with Gasteiger partial charge in [-0.3, -0.25) is 24.2 Å². The molecule has 2 bridgehead atoms. The number of hydrogen-bond donors (Lipinski definition) is 2. The summed E-state index contributed by atoms with van der Waals surface area (Å²) in [7, 11) is 3.14. The third kappa shape index (κ3) is 9.25. The maximum Gasteiger partial charge on any atom is 0.258 e. The van der Waals surface area contributed by atoms with Crippen LogP contribution in [0.4, 0.5) is 0 Å². The molecule has 4 rings (SSSR count). The van der Waals surface area contributed by atoms with Crippen LogP contribution >= 0.6 is 0 Å². The summed E-state index contributed by atoms with van der Waals surface area (Å²) in [5, 5.41) is 5.55. The number of fused-ring (bicyclic) bond motifs is 18. The third-order valence-corrected chi connectivity index (χ3v) is 6.67. The van der Waals surface area contributed by atoms with Crippen LogP contribution in [-0.2, 0) is 20.8 Å². The average molecular weight is 554 g/mol. The Hall–Kier alpha value is -4.15. The zero-order valence-electron chi connectivity index (χ0n) is 23.5. The lowest BCUT2D eigenvalue weighted by Crippen LogP contribution is -2.47. The number of ether oxygens (including phenoxy) is 2. The summed E-state index contributed by atoms with van der Waals surface area (Å²) in [4.78, 5) is 58.5. The van der Waals surface area contributed by atoms with Gasteiger partial charge < -0.3 is 29.9 Å². The van der Waals surface area contributed by atoms with Crippen LogP contribution in [0.2, 0.25) is 0 Å². The fraction of sp³-hybridized carbons (Fsp3) is 0.483. The number of nitrogens with one attached hydrogen (secondary N) is 2. The first-order valence-electron chi connectivity index (χ1n) is 13.6. The Morgan fingerprint density at radius 2 is 1.90 bits per heavy atom. The van der Waals surface area contributed by atoms with Crippen molar-refractivity contribution in [3.8, 4) is 11.5 Å². The summed E-state index contributed by atoms with van der Waals surface area (Å²) < 4.78 is 10.9. The molecule has 1 aromatic heterocycles. The van der Waals surface area contributed by atoms with E-state index in [1.54, 1.807) is 49.5 Å². The Bertz CT molecular complexity index is 1160. The van der Waals surface area contributed by atoms with Gasteiger partial charge in [-0.1, -0.05) is 6.07 Å². The molecule has 0 saturated carbocycles. The van der Waals surface area contributed by atoms with Gasteiger partial charge in [-0.15, -0.1) is 0 Å². The molecule has 2 N–H and O–H groups in total. The van der Waals surface area contributed by atoms with Crippen LogP contribution in [-0.4, -0.2) is 91.4 Å². The fourth-order valence-corrected chi connectivity index (χ4v) is 4.40. The summed E-state index contributed by atoms with van der Waals surface area (Å²) in [5.41, 5.74) is 1.38. The van der Waals surface area contributed by atoms with Crippen LogP contribution in [0.1, 0.15) is 48.5 Å². The molecule has 0 spiro atoms. The van der Waals surface area contributed by atoms with E-state index >= 15 is 0 Å². The van der Waals surface area contributed by atoms with E-state index in [0.29, 0.717) is 75.3 Å².